The Kier molecular flexibility index (Phi) is 3.22. The van der Waals surface area contributed by atoms with Crippen molar-refractivity contribution in [1.29, 1.82) is 0 Å². The van der Waals surface area contributed by atoms with Gasteiger partial charge in [0.2, 0.25) is 0 Å². The van der Waals surface area contributed by atoms with Crippen molar-refractivity contribution in [2.24, 2.45) is 5.41 Å². The second kappa shape index (κ2) is 4.34. The summed E-state index contributed by atoms with van der Waals surface area (Å²) in [6.45, 7) is 2.28. The molecule has 1 fully saturated rings. The molecule has 1 saturated carbocycles. The van der Waals surface area contributed by atoms with E-state index < -0.39 is 0 Å². The first kappa shape index (κ1) is 11.9. The zero-order chi connectivity index (χ0) is 11.8. The van der Waals surface area contributed by atoms with E-state index in [2.05, 4.69) is 12.2 Å². The first-order valence-electron chi connectivity index (χ1n) is 5.66. The highest BCUT2D eigenvalue weighted by Gasteiger charge is 2.43. The molecule has 0 heterocycles. The van der Waals surface area contributed by atoms with Gasteiger partial charge in [-0.3, -0.25) is 0 Å². The van der Waals surface area contributed by atoms with E-state index in [1.54, 1.807) is 6.07 Å². The number of nitrogens with one attached hydrogen (secondary N) is 1. The Balaban J connectivity index is 2.13. The van der Waals surface area contributed by atoms with Crippen molar-refractivity contribution in [2.45, 2.75) is 32.2 Å². The predicted octanol–water partition coefficient (Wildman–Crippen LogP) is 3.41. The minimum Gasteiger partial charge on any atom is -0.316 e. The first-order valence-corrected chi connectivity index (χ1v) is 6.04. The lowest BCUT2D eigenvalue weighted by Crippen LogP contribution is -2.35. The fraction of sp³-hybridized carbons (Fsp3) is 0.538. The highest BCUT2D eigenvalue weighted by Crippen LogP contribution is 2.49. The van der Waals surface area contributed by atoms with Gasteiger partial charge in [0.25, 0.3) is 0 Å². The number of hydrogen-bond donors (Lipinski definition) is 1. The number of rotatable bonds is 4. The van der Waals surface area contributed by atoms with E-state index in [1.807, 2.05) is 7.05 Å². The maximum Gasteiger partial charge on any atom is 0.124 e. The lowest BCUT2D eigenvalue weighted by atomic mass is 9.92. The lowest BCUT2D eigenvalue weighted by Gasteiger charge is -2.23. The summed E-state index contributed by atoms with van der Waals surface area (Å²) >= 11 is 6.03. The van der Waals surface area contributed by atoms with Crippen LogP contribution >= 0.6 is 11.6 Å². The van der Waals surface area contributed by atoms with Gasteiger partial charge in [-0.05, 0) is 49.4 Å². The Morgan fingerprint density at radius 2 is 2.19 bits per heavy atom. The van der Waals surface area contributed by atoms with Crippen LogP contribution in [-0.2, 0) is 6.42 Å². The molecule has 0 radical (unpaired) electrons. The molecule has 0 spiro atoms. The zero-order valence-corrected chi connectivity index (χ0v) is 10.4. The van der Waals surface area contributed by atoms with Crippen molar-refractivity contribution in [3.8, 4) is 0 Å². The zero-order valence-electron chi connectivity index (χ0n) is 9.69. The van der Waals surface area contributed by atoms with Gasteiger partial charge >= 0.3 is 0 Å². The fourth-order valence-electron chi connectivity index (χ4n) is 2.15. The van der Waals surface area contributed by atoms with Gasteiger partial charge in [0.15, 0.2) is 0 Å². The molecular formula is C13H17ClFN. The van der Waals surface area contributed by atoms with Crippen molar-refractivity contribution >= 4 is 11.6 Å². The molecule has 1 N–H and O–H groups in total. The summed E-state index contributed by atoms with van der Waals surface area (Å²) in [6.07, 6.45) is 3.39. The summed E-state index contributed by atoms with van der Waals surface area (Å²) in [6, 6.07) is 5.07. The molecule has 88 valence electrons. The van der Waals surface area contributed by atoms with Crippen molar-refractivity contribution in [3.05, 3.63) is 34.6 Å². The molecule has 1 aromatic rings. The minimum absolute atomic E-state index is 0.271. The van der Waals surface area contributed by atoms with Crippen LogP contribution in [0.4, 0.5) is 4.39 Å². The molecule has 0 amide bonds. The van der Waals surface area contributed by atoms with E-state index >= 15 is 0 Å². The molecule has 1 unspecified atom stereocenters. The van der Waals surface area contributed by atoms with Crippen molar-refractivity contribution in [2.75, 3.05) is 7.05 Å². The van der Waals surface area contributed by atoms with Gasteiger partial charge in [-0.2, -0.15) is 0 Å². The van der Waals surface area contributed by atoms with Crippen LogP contribution in [0.2, 0.25) is 5.02 Å². The Morgan fingerprint density at radius 3 is 2.69 bits per heavy atom. The van der Waals surface area contributed by atoms with Crippen LogP contribution in [0.5, 0.6) is 0 Å². The van der Waals surface area contributed by atoms with E-state index in [4.69, 9.17) is 11.6 Å². The number of likely N-dealkylation sites (N-methyl/N-ethyl adjacent to an activating group) is 1. The summed E-state index contributed by atoms with van der Waals surface area (Å²) < 4.78 is 12.9. The average Bonchev–Trinajstić information content (AvgIpc) is 2.96. The third kappa shape index (κ3) is 2.38. The molecule has 0 aromatic heterocycles. The normalized spacial score (nSPS) is 19.5. The van der Waals surface area contributed by atoms with E-state index in [1.165, 1.54) is 25.0 Å². The summed E-state index contributed by atoms with van der Waals surface area (Å²) in [5.41, 5.74) is 1.42. The van der Waals surface area contributed by atoms with E-state index in [0.717, 1.165) is 12.0 Å². The second-order valence-corrected chi connectivity index (χ2v) is 5.34. The number of hydrogen-bond acceptors (Lipinski definition) is 1. The lowest BCUT2D eigenvalue weighted by molar-refractivity contribution is 0.376. The Bertz CT molecular complexity index is 388. The molecule has 0 bridgehead atoms. The SMILES string of the molecule is CNC(Cc1ccc(F)cc1Cl)C1(C)CC1. The molecule has 1 aromatic carbocycles. The number of benzene rings is 1. The van der Waals surface area contributed by atoms with E-state index in [-0.39, 0.29) is 5.82 Å². The van der Waals surface area contributed by atoms with Crippen LogP contribution in [-0.4, -0.2) is 13.1 Å². The van der Waals surface area contributed by atoms with Gasteiger partial charge in [0, 0.05) is 11.1 Å². The average molecular weight is 242 g/mol. The summed E-state index contributed by atoms with van der Waals surface area (Å²) in [5, 5.41) is 3.87. The van der Waals surface area contributed by atoms with Crippen LogP contribution in [0.1, 0.15) is 25.3 Å². The van der Waals surface area contributed by atoms with Gasteiger partial charge in [0.1, 0.15) is 5.82 Å². The standard InChI is InChI=1S/C13H17ClFN/c1-13(5-6-13)12(16-2)7-9-3-4-10(15)8-11(9)14/h3-4,8,12,16H,5-7H2,1-2H3. The third-order valence-corrected chi connectivity index (χ3v) is 4.02. The van der Waals surface area contributed by atoms with Crippen LogP contribution in [0, 0.1) is 11.2 Å². The smallest absolute Gasteiger partial charge is 0.124 e. The molecule has 0 aliphatic heterocycles. The predicted molar refractivity (Wildman–Crippen MR) is 65.3 cm³/mol. The van der Waals surface area contributed by atoms with Gasteiger partial charge in [-0.25, -0.2) is 4.39 Å². The molecule has 1 atom stereocenters. The molecule has 16 heavy (non-hydrogen) atoms. The third-order valence-electron chi connectivity index (χ3n) is 3.67. The highest BCUT2D eigenvalue weighted by atomic mass is 35.5. The van der Waals surface area contributed by atoms with E-state index in [0.29, 0.717) is 16.5 Å². The Morgan fingerprint density at radius 1 is 1.50 bits per heavy atom. The summed E-state index contributed by atoms with van der Waals surface area (Å²) in [7, 11) is 1.98. The van der Waals surface area contributed by atoms with Gasteiger partial charge in [-0.1, -0.05) is 24.6 Å². The highest BCUT2D eigenvalue weighted by molar-refractivity contribution is 6.31. The minimum atomic E-state index is -0.271. The first-order chi connectivity index (χ1) is 7.55. The van der Waals surface area contributed by atoms with Crippen molar-refractivity contribution in [1.82, 2.24) is 5.32 Å². The van der Waals surface area contributed by atoms with Gasteiger partial charge < -0.3 is 5.32 Å². The monoisotopic (exact) mass is 241 g/mol. The molecule has 3 heteroatoms. The van der Waals surface area contributed by atoms with Crippen LogP contribution in [0.25, 0.3) is 0 Å². The molecule has 1 aliphatic carbocycles. The molecular weight excluding hydrogens is 225 g/mol. The van der Waals surface area contributed by atoms with E-state index in [9.17, 15) is 4.39 Å². The number of halogens is 2. The maximum atomic E-state index is 12.9. The summed E-state index contributed by atoms with van der Waals surface area (Å²) in [4.78, 5) is 0. The molecule has 0 saturated heterocycles. The fourth-order valence-corrected chi connectivity index (χ4v) is 2.39. The molecule has 1 nitrogen and oxygen atoms in total. The Hall–Kier alpha value is -0.600. The quantitative estimate of drug-likeness (QED) is 0.852. The van der Waals surface area contributed by atoms with Crippen LogP contribution < -0.4 is 5.32 Å². The Labute approximate surface area is 101 Å². The van der Waals surface area contributed by atoms with Crippen molar-refractivity contribution in [3.63, 3.8) is 0 Å². The van der Waals surface area contributed by atoms with Crippen LogP contribution in [0.15, 0.2) is 18.2 Å². The van der Waals surface area contributed by atoms with Gasteiger partial charge in [0.05, 0.1) is 0 Å². The van der Waals surface area contributed by atoms with Crippen LogP contribution in [0.3, 0.4) is 0 Å². The summed E-state index contributed by atoms with van der Waals surface area (Å²) in [5.74, 6) is -0.271. The molecule has 1 aliphatic rings. The van der Waals surface area contributed by atoms with Crippen molar-refractivity contribution < 1.29 is 4.39 Å². The largest absolute Gasteiger partial charge is 0.316 e. The van der Waals surface area contributed by atoms with Gasteiger partial charge in [-0.15, -0.1) is 0 Å². The maximum absolute atomic E-state index is 12.9. The topological polar surface area (TPSA) is 12.0 Å². The second-order valence-electron chi connectivity index (χ2n) is 4.94. The molecule has 2 rings (SSSR count).